The Kier molecular flexibility index (Phi) is 4.45. The molecule has 0 bridgehead atoms. The smallest absolute Gasteiger partial charge is 0.126 e. The number of rotatable bonds is 4. The molecule has 1 nitrogen and oxygen atoms in total. The van der Waals surface area contributed by atoms with Gasteiger partial charge in [-0.15, -0.1) is 0 Å². The van der Waals surface area contributed by atoms with Gasteiger partial charge in [-0.3, -0.25) is 0 Å². The normalized spacial score (nSPS) is 12.4. The van der Waals surface area contributed by atoms with Gasteiger partial charge in [0.25, 0.3) is 0 Å². The van der Waals surface area contributed by atoms with E-state index in [1.54, 1.807) is 14.0 Å². The van der Waals surface area contributed by atoms with Crippen LogP contribution in [0.15, 0.2) is 36.4 Å². The molecule has 1 unspecified atom stereocenters. The van der Waals surface area contributed by atoms with Crippen LogP contribution in [0.4, 0.5) is 13.2 Å². The summed E-state index contributed by atoms with van der Waals surface area (Å²) in [6, 6.07) is 7.95. The van der Waals surface area contributed by atoms with Gasteiger partial charge in [0.1, 0.15) is 17.5 Å². The SMILES string of the molecule is CNC(Cc1cc(F)cc(F)c1)c1cc(C)cc(F)c1. The van der Waals surface area contributed by atoms with Gasteiger partial charge in [0.05, 0.1) is 0 Å². The summed E-state index contributed by atoms with van der Waals surface area (Å²) in [7, 11) is 1.74. The maximum atomic E-state index is 13.4. The molecule has 0 amide bonds. The lowest BCUT2D eigenvalue weighted by molar-refractivity contribution is 0.557. The first-order valence-corrected chi connectivity index (χ1v) is 6.37. The minimum absolute atomic E-state index is 0.203. The van der Waals surface area contributed by atoms with Crippen LogP contribution in [0.1, 0.15) is 22.7 Å². The van der Waals surface area contributed by atoms with Crippen molar-refractivity contribution in [2.75, 3.05) is 7.05 Å². The maximum absolute atomic E-state index is 13.4. The fourth-order valence-electron chi connectivity index (χ4n) is 2.32. The molecule has 0 saturated carbocycles. The Bertz CT molecular complexity index is 570. The van der Waals surface area contributed by atoms with Crippen molar-refractivity contribution >= 4 is 0 Å². The summed E-state index contributed by atoms with van der Waals surface area (Å²) >= 11 is 0. The van der Waals surface area contributed by atoms with Crippen molar-refractivity contribution in [1.29, 1.82) is 0 Å². The van der Waals surface area contributed by atoms with Gasteiger partial charge in [-0.1, -0.05) is 6.07 Å². The van der Waals surface area contributed by atoms with Crippen molar-refractivity contribution < 1.29 is 13.2 Å². The Labute approximate surface area is 116 Å². The highest BCUT2D eigenvalue weighted by Gasteiger charge is 2.13. The van der Waals surface area contributed by atoms with Crippen molar-refractivity contribution in [2.24, 2.45) is 0 Å². The molecular formula is C16H16F3N. The van der Waals surface area contributed by atoms with Crippen molar-refractivity contribution in [3.8, 4) is 0 Å². The van der Waals surface area contributed by atoms with Crippen LogP contribution < -0.4 is 5.32 Å². The molecule has 0 spiro atoms. The van der Waals surface area contributed by atoms with Crippen molar-refractivity contribution in [1.82, 2.24) is 5.32 Å². The molecule has 0 aliphatic heterocycles. The van der Waals surface area contributed by atoms with Gasteiger partial charge in [0, 0.05) is 12.1 Å². The summed E-state index contributed by atoms with van der Waals surface area (Å²) < 4.78 is 39.8. The number of hydrogen-bond donors (Lipinski definition) is 1. The van der Waals surface area contributed by atoms with E-state index in [9.17, 15) is 13.2 Å². The minimum Gasteiger partial charge on any atom is -0.313 e. The maximum Gasteiger partial charge on any atom is 0.126 e. The molecule has 0 aromatic heterocycles. The molecule has 2 rings (SSSR count). The third kappa shape index (κ3) is 3.61. The van der Waals surface area contributed by atoms with E-state index in [0.717, 1.165) is 17.2 Å². The second-order valence-electron chi connectivity index (χ2n) is 4.88. The lowest BCUT2D eigenvalue weighted by Gasteiger charge is -2.17. The molecule has 0 aliphatic rings. The summed E-state index contributed by atoms with van der Waals surface area (Å²) in [6.45, 7) is 1.81. The van der Waals surface area contributed by atoms with E-state index in [4.69, 9.17) is 0 Å². The van der Waals surface area contributed by atoms with E-state index < -0.39 is 11.6 Å². The molecule has 0 saturated heterocycles. The molecule has 0 aliphatic carbocycles. The number of halogens is 3. The monoisotopic (exact) mass is 279 g/mol. The molecule has 1 N–H and O–H groups in total. The quantitative estimate of drug-likeness (QED) is 0.894. The predicted octanol–water partition coefficient (Wildman–Crippen LogP) is 3.92. The lowest BCUT2D eigenvalue weighted by atomic mass is 9.97. The number of nitrogens with one attached hydrogen (secondary N) is 1. The van der Waals surface area contributed by atoms with Gasteiger partial charge >= 0.3 is 0 Å². The zero-order chi connectivity index (χ0) is 14.7. The number of hydrogen-bond acceptors (Lipinski definition) is 1. The van der Waals surface area contributed by atoms with Gasteiger partial charge < -0.3 is 5.32 Å². The summed E-state index contributed by atoms with van der Waals surface area (Å²) in [4.78, 5) is 0. The Morgan fingerprint density at radius 3 is 2.05 bits per heavy atom. The van der Waals surface area contributed by atoms with Crippen LogP contribution in [0.3, 0.4) is 0 Å². The van der Waals surface area contributed by atoms with Crippen LogP contribution >= 0.6 is 0 Å². The average molecular weight is 279 g/mol. The number of benzene rings is 2. The van der Waals surface area contributed by atoms with Gasteiger partial charge in [0.15, 0.2) is 0 Å². The van der Waals surface area contributed by atoms with Crippen LogP contribution in [0.25, 0.3) is 0 Å². The Hall–Kier alpha value is -1.81. The Balaban J connectivity index is 2.28. The average Bonchev–Trinajstić information content (AvgIpc) is 2.33. The van der Waals surface area contributed by atoms with Crippen molar-refractivity contribution in [3.63, 3.8) is 0 Å². The first-order chi connectivity index (χ1) is 9.47. The van der Waals surface area contributed by atoms with Gasteiger partial charge in [-0.05, 0) is 61.3 Å². The first kappa shape index (κ1) is 14.6. The van der Waals surface area contributed by atoms with Crippen LogP contribution in [-0.4, -0.2) is 7.05 Å². The highest BCUT2D eigenvalue weighted by Crippen LogP contribution is 2.21. The van der Waals surface area contributed by atoms with Crippen molar-refractivity contribution in [3.05, 3.63) is 70.5 Å². The molecular weight excluding hydrogens is 263 g/mol. The van der Waals surface area contributed by atoms with E-state index in [2.05, 4.69) is 5.32 Å². The second kappa shape index (κ2) is 6.09. The van der Waals surface area contributed by atoms with E-state index >= 15 is 0 Å². The standard InChI is InChI=1S/C16H16F3N/c1-10-3-12(8-13(17)4-10)16(20-2)7-11-5-14(18)9-15(19)6-11/h3-6,8-9,16,20H,7H2,1-2H3. The van der Waals surface area contributed by atoms with Crippen LogP contribution in [-0.2, 0) is 6.42 Å². The summed E-state index contributed by atoms with van der Waals surface area (Å²) in [5.41, 5.74) is 2.10. The molecule has 0 fully saturated rings. The minimum atomic E-state index is -0.606. The zero-order valence-corrected chi connectivity index (χ0v) is 11.4. The molecule has 2 aromatic rings. The van der Waals surface area contributed by atoms with Gasteiger partial charge in [-0.2, -0.15) is 0 Å². The predicted molar refractivity (Wildman–Crippen MR) is 73.0 cm³/mol. The summed E-state index contributed by atoms with van der Waals surface area (Å²) in [6.07, 6.45) is 0.383. The third-order valence-corrected chi connectivity index (χ3v) is 3.18. The van der Waals surface area contributed by atoms with Crippen LogP contribution in [0.2, 0.25) is 0 Å². The van der Waals surface area contributed by atoms with E-state index in [1.165, 1.54) is 24.3 Å². The molecule has 1 atom stereocenters. The van der Waals surface area contributed by atoms with Crippen LogP contribution in [0, 0.1) is 24.4 Å². The van der Waals surface area contributed by atoms with Gasteiger partial charge in [-0.25, -0.2) is 13.2 Å². The fraction of sp³-hybridized carbons (Fsp3) is 0.250. The van der Waals surface area contributed by atoms with Crippen molar-refractivity contribution in [2.45, 2.75) is 19.4 Å². The highest BCUT2D eigenvalue weighted by atomic mass is 19.1. The Morgan fingerprint density at radius 1 is 0.900 bits per heavy atom. The molecule has 2 aromatic carbocycles. The van der Waals surface area contributed by atoms with Crippen LogP contribution in [0.5, 0.6) is 0 Å². The Morgan fingerprint density at radius 2 is 1.50 bits per heavy atom. The van der Waals surface area contributed by atoms with E-state index in [1.807, 2.05) is 6.07 Å². The topological polar surface area (TPSA) is 12.0 Å². The molecule has 20 heavy (non-hydrogen) atoms. The molecule has 0 radical (unpaired) electrons. The largest absolute Gasteiger partial charge is 0.313 e. The molecule has 106 valence electrons. The third-order valence-electron chi connectivity index (χ3n) is 3.18. The molecule has 4 heteroatoms. The fourth-order valence-corrected chi connectivity index (χ4v) is 2.32. The first-order valence-electron chi connectivity index (χ1n) is 6.37. The number of likely N-dealkylation sites (N-methyl/N-ethyl adjacent to an activating group) is 1. The lowest BCUT2D eigenvalue weighted by Crippen LogP contribution is -2.19. The molecule has 0 heterocycles. The van der Waals surface area contributed by atoms with E-state index in [-0.39, 0.29) is 11.9 Å². The van der Waals surface area contributed by atoms with E-state index in [0.29, 0.717) is 12.0 Å². The summed E-state index contributed by atoms with van der Waals surface area (Å²) in [5, 5.41) is 3.05. The number of aryl methyl sites for hydroxylation is 1. The second-order valence-corrected chi connectivity index (χ2v) is 4.88. The zero-order valence-electron chi connectivity index (χ0n) is 11.4. The highest BCUT2D eigenvalue weighted by molar-refractivity contribution is 5.28. The summed E-state index contributed by atoms with van der Waals surface area (Å²) in [5.74, 6) is -1.53. The van der Waals surface area contributed by atoms with Gasteiger partial charge in [0.2, 0.25) is 0 Å².